The van der Waals surface area contributed by atoms with Gasteiger partial charge in [0.15, 0.2) is 0 Å². The maximum atomic E-state index is 12.1. The van der Waals surface area contributed by atoms with E-state index in [9.17, 15) is 12.9 Å². The molecule has 13 heavy (non-hydrogen) atoms. The molecule has 0 heterocycles. The Bertz CT molecular complexity index is 167. The van der Waals surface area contributed by atoms with Crippen LogP contribution in [0, 0.1) is 0 Å². The van der Waals surface area contributed by atoms with E-state index in [2.05, 4.69) is 6.58 Å². The lowest BCUT2D eigenvalue weighted by Crippen LogP contribution is -2.33. The van der Waals surface area contributed by atoms with E-state index in [0.29, 0.717) is 13.1 Å². The summed E-state index contributed by atoms with van der Waals surface area (Å²) < 4.78 is 36.4. The molecule has 5 heteroatoms. The fraction of sp³-hybridized carbons (Fsp3) is 0.750. The van der Waals surface area contributed by atoms with E-state index in [0.717, 1.165) is 6.42 Å². The van der Waals surface area contributed by atoms with Gasteiger partial charge < -0.3 is 17.8 Å². The van der Waals surface area contributed by atoms with Crippen LogP contribution in [0.15, 0.2) is 12.1 Å². The number of nitrogens with zero attached hydrogens (tertiary/aromatic N) is 1. The van der Waals surface area contributed by atoms with E-state index in [1.807, 2.05) is 13.8 Å². The summed E-state index contributed by atoms with van der Waals surface area (Å²) in [5, 5.41) is 0. The van der Waals surface area contributed by atoms with Crippen molar-refractivity contribution in [3.05, 3.63) is 12.1 Å². The van der Waals surface area contributed by atoms with Gasteiger partial charge in [-0.3, -0.25) is 0 Å². The first kappa shape index (κ1) is 12.6. The predicted molar refractivity (Wildman–Crippen MR) is 50.6 cm³/mol. The average molecular weight is 194 g/mol. The summed E-state index contributed by atoms with van der Waals surface area (Å²) in [5.74, 6) is 0. The van der Waals surface area contributed by atoms with Gasteiger partial charge >= 0.3 is 6.98 Å². The van der Waals surface area contributed by atoms with E-state index in [1.165, 1.54) is 0 Å². The Morgan fingerprint density at radius 1 is 1.31 bits per heavy atom. The molecule has 0 bridgehead atoms. The molecule has 0 amide bonds. The van der Waals surface area contributed by atoms with Gasteiger partial charge in [0.2, 0.25) is 0 Å². The zero-order chi connectivity index (χ0) is 10.5. The number of rotatable bonds is 6. The van der Waals surface area contributed by atoms with Crippen LogP contribution in [-0.4, -0.2) is 31.5 Å². The second-order valence-electron chi connectivity index (χ2n) is 3.10. The van der Waals surface area contributed by atoms with Crippen LogP contribution in [0.1, 0.15) is 20.3 Å². The van der Waals surface area contributed by atoms with Crippen molar-refractivity contribution >= 4 is 6.98 Å². The Kier molecular flexibility index (Phi) is 5.14. The second-order valence-corrected chi connectivity index (χ2v) is 3.10. The largest absolute Gasteiger partial charge is 0.506 e. The van der Waals surface area contributed by atoms with Crippen LogP contribution in [-0.2, 0) is 0 Å². The van der Waals surface area contributed by atoms with Crippen LogP contribution in [0.5, 0.6) is 0 Å². The molecule has 0 N–H and O–H groups in total. The monoisotopic (exact) mass is 194 g/mol. The number of hydrogen-bond donors (Lipinski definition) is 0. The normalized spacial score (nSPS) is 12.2. The first-order chi connectivity index (χ1) is 5.91. The Morgan fingerprint density at radius 2 is 1.85 bits per heavy atom. The lowest BCUT2D eigenvalue weighted by atomic mass is 9.80. The molecular weight excluding hydrogens is 178 g/mol. The van der Waals surface area contributed by atoms with Gasteiger partial charge in [-0.1, -0.05) is 13.8 Å². The van der Waals surface area contributed by atoms with Crippen LogP contribution in [0.25, 0.3) is 0 Å². The minimum absolute atomic E-state index is 0.0478. The van der Waals surface area contributed by atoms with Crippen molar-refractivity contribution in [3.8, 4) is 0 Å². The topological polar surface area (TPSA) is 3.24 Å². The summed E-state index contributed by atoms with van der Waals surface area (Å²) in [6.07, 6.45) is 0.867. The van der Waals surface area contributed by atoms with Gasteiger partial charge in [-0.2, -0.15) is 0 Å². The Labute approximate surface area is 77.7 Å². The third-order valence-electron chi connectivity index (χ3n) is 1.88. The summed E-state index contributed by atoms with van der Waals surface area (Å²) in [6, 6.07) is 0. The Balaban J connectivity index is 4.01. The van der Waals surface area contributed by atoms with Crippen LogP contribution < -0.4 is 0 Å². The van der Waals surface area contributed by atoms with Crippen molar-refractivity contribution in [3.63, 3.8) is 0 Å². The smallest absolute Gasteiger partial charge is 0.445 e. The first-order valence-electron chi connectivity index (χ1n) is 4.51. The number of hydrogen-bond acceptors (Lipinski definition) is 1. The van der Waals surface area contributed by atoms with Gasteiger partial charge in [-0.25, -0.2) is 0 Å². The maximum absolute atomic E-state index is 12.1. The quantitative estimate of drug-likeness (QED) is 0.587. The SMILES string of the molecule is C=C(CN(CC)CCC)[B-](F)(F)F. The number of halogens is 3. The van der Waals surface area contributed by atoms with Gasteiger partial charge in [0.1, 0.15) is 0 Å². The van der Waals surface area contributed by atoms with Crippen molar-refractivity contribution in [1.82, 2.24) is 4.90 Å². The molecule has 1 nitrogen and oxygen atoms in total. The van der Waals surface area contributed by atoms with Crippen molar-refractivity contribution in [2.24, 2.45) is 0 Å². The summed E-state index contributed by atoms with van der Waals surface area (Å²) in [5.41, 5.74) is -0.602. The van der Waals surface area contributed by atoms with E-state index in [-0.39, 0.29) is 6.54 Å². The molecule has 0 aliphatic carbocycles. The zero-order valence-electron chi connectivity index (χ0n) is 8.19. The van der Waals surface area contributed by atoms with Gasteiger partial charge in [-0.05, 0) is 26.1 Å². The van der Waals surface area contributed by atoms with Gasteiger partial charge in [0.25, 0.3) is 0 Å². The minimum atomic E-state index is -4.86. The highest BCUT2D eigenvalue weighted by molar-refractivity contribution is 6.66. The van der Waals surface area contributed by atoms with Gasteiger partial charge in [0.05, 0.1) is 0 Å². The van der Waals surface area contributed by atoms with Crippen LogP contribution >= 0.6 is 0 Å². The molecule has 0 aliphatic heterocycles. The molecule has 0 saturated carbocycles. The lowest BCUT2D eigenvalue weighted by Gasteiger charge is -2.26. The van der Waals surface area contributed by atoms with E-state index in [1.54, 1.807) is 4.90 Å². The highest BCUT2D eigenvalue weighted by atomic mass is 19.4. The average Bonchev–Trinajstić information content (AvgIpc) is 2.01. The fourth-order valence-electron chi connectivity index (χ4n) is 1.06. The molecule has 0 rings (SSSR count). The van der Waals surface area contributed by atoms with Gasteiger partial charge in [0, 0.05) is 0 Å². The minimum Gasteiger partial charge on any atom is -0.445 e. The molecule has 0 aromatic carbocycles. The molecule has 0 unspecified atom stereocenters. The molecule has 0 aliphatic rings. The van der Waals surface area contributed by atoms with Gasteiger partial charge in [-0.15, -0.1) is 12.1 Å². The lowest BCUT2D eigenvalue weighted by molar-refractivity contribution is 0.310. The molecular formula is C8H16BF3N-. The molecule has 0 aromatic heterocycles. The predicted octanol–water partition coefficient (Wildman–Crippen LogP) is 2.66. The van der Waals surface area contributed by atoms with Crippen molar-refractivity contribution in [2.75, 3.05) is 19.6 Å². The van der Waals surface area contributed by atoms with Crippen molar-refractivity contribution in [1.29, 1.82) is 0 Å². The third kappa shape index (κ3) is 4.98. The molecule has 0 spiro atoms. The summed E-state index contributed by atoms with van der Waals surface area (Å²) >= 11 is 0. The number of likely N-dealkylation sites (N-methyl/N-ethyl adjacent to an activating group) is 1. The van der Waals surface area contributed by atoms with Crippen molar-refractivity contribution < 1.29 is 12.9 Å². The van der Waals surface area contributed by atoms with E-state index < -0.39 is 12.4 Å². The molecule has 0 radical (unpaired) electrons. The molecule has 0 aromatic rings. The maximum Gasteiger partial charge on any atom is 0.506 e. The Morgan fingerprint density at radius 3 is 2.15 bits per heavy atom. The highest BCUT2D eigenvalue weighted by Crippen LogP contribution is 2.18. The molecule has 0 atom stereocenters. The Hall–Kier alpha value is -0.445. The summed E-state index contributed by atoms with van der Waals surface area (Å²) in [6.45, 7) is 3.29. The zero-order valence-corrected chi connectivity index (χ0v) is 8.19. The van der Waals surface area contributed by atoms with Crippen LogP contribution in [0.2, 0.25) is 0 Å². The second kappa shape index (κ2) is 5.32. The van der Waals surface area contributed by atoms with Crippen LogP contribution in [0.3, 0.4) is 0 Å². The molecule has 78 valence electrons. The van der Waals surface area contributed by atoms with Crippen LogP contribution in [0.4, 0.5) is 12.9 Å². The standard InChI is InChI=1S/C8H16BF3N/c1-4-6-13(5-2)7-8(3)9(10,11)12/h3-7H2,1-2H3/q-1. The van der Waals surface area contributed by atoms with Crippen molar-refractivity contribution in [2.45, 2.75) is 20.3 Å². The highest BCUT2D eigenvalue weighted by Gasteiger charge is 2.27. The first-order valence-corrected chi connectivity index (χ1v) is 4.51. The fourth-order valence-corrected chi connectivity index (χ4v) is 1.06. The summed E-state index contributed by atoms with van der Waals surface area (Å²) in [4.78, 5) is 1.75. The molecule has 0 saturated heterocycles. The van der Waals surface area contributed by atoms with E-state index >= 15 is 0 Å². The van der Waals surface area contributed by atoms with E-state index in [4.69, 9.17) is 0 Å². The summed E-state index contributed by atoms with van der Waals surface area (Å²) in [7, 11) is 0. The molecule has 0 fully saturated rings. The third-order valence-corrected chi connectivity index (χ3v) is 1.88.